The molecule has 0 aromatic heterocycles. The summed E-state index contributed by atoms with van der Waals surface area (Å²) in [5, 5.41) is 0. The van der Waals surface area contributed by atoms with E-state index >= 15 is 0 Å². The van der Waals surface area contributed by atoms with Gasteiger partial charge in [0.25, 0.3) is 0 Å². The Kier molecular flexibility index (Phi) is 6.10. The average Bonchev–Trinajstić information content (AvgIpc) is 2.78. The first-order valence-corrected chi connectivity index (χ1v) is 12.6. The molecular formula is C27H38N2O2. The van der Waals surface area contributed by atoms with Crippen LogP contribution >= 0.6 is 0 Å². The number of amides is 1. The molecule has 3 aliphatic heterocycles. The zero-order valence-electron chi connectivity index (χ0n) is 19.3. The molecule has 31 heavy (non-hydrogen) atoms. The summed E-state index contributed by atoms with van der Waals surface area (Å²) in [6, 6.07) is 9.40. The molecule has 168 valence electrons. The summed E-state index contributed by atoms with van der Waals surface area (Å²) in [6.07, 6.45) is 11.9. The van der Waals surface area contributed by atoms with E-state index in [0.717, 1.165) is 37.1 Å². The molecule has 4 heteroatoms. The van der Waals surface area contributed by atoms with Crippen molar-refractivity contribution in [3.8, 4) is 5.75 Å². The smallest absolute Gasteiger partial charge is 0.223 e. The fourth-order valence-corrected chi connectivity index (χ4v) is 6.65. The van der Waals surface area contributed by atoms with Gasteiger partial charge in [0, 0.05) is 25.6 Å². The molecule has 3 fully saturated rings. The summed E-state index contributed by atoms with van der Waals surface area (Å²) >= 11 is 0. The number of ether oxygens (including phenoxy) is 1. The first-order chi connectivity index (χ1) is 15.1. The van der Waals surface area contributed by atoms with Crippen LogP contribution in [0.3, 0.4) is 0 Å². The standard InChI is InChI=1S/C27H38N2O2/c1-19(2)31-24-11-8-20(9-12-24)10-13-26(30)29-15-5-6-21-16-22-17-23(27(21)29)18-28-14-4-3-7-25(22)28/h8-9,11-12,16,19,22-23,25,27H,3-7,10,13-15,17-18H2,1-2H3/t22-,23-,25+,27-/m0/s1. The molecule has 4 nitrogen and oxygen atoms in total. The molecule has 0 radical (unpaired) electrons. The number of hydrogen-bond donors (Lipinski definition) is 0. The maximum atomic E-state index is 13.3. The lowest BCUT2D eigenvalue weighted by molar-refractivity contribution is -0.136. The Bertz CT molecular complexity index is 815. The van der Waals surface area contributed by atoms with Crippen LogP contribution in [0.5, 0.6) is 5.75 Å². The van der Waals surface area contributed by atoms with Gasteiger partial charge in [0.1, 0.15) is 5.75 Å². The normalized spacial score (nSPS) is 30.4. The van der Waals surface area contributed by atoms with E-state index in [1.807, 2.05) is 26.0 Å². The monoisotopic (exact) mass is 422 g/mol. The van der Waals surface area contributed by atoms with Crippen molar-refractivity contribution in [3.63, 3.8) is 0 Å². The van der Waals surface area contributed by atoms with Gasteiger partial charge in [0.2, 0.25) is 5.91 Å². The predicted molar refractivity (Wildman–Crippen MR) is 124 cm³/mol. The van der Waals surface area contributed by atoms with E-state index in [9.17, 15) is 4.79 Å². The fourth-order valence-electron chi connectivity index (χ4n) is 6.65. The van der Waals surface area contributed by atoms with Crippen molar-refractivity contribution >= 4 is 5.91 Å². The van der Waals surface area contributed by atoms with Crippen molar-refractivity contribution < 1.29 is 9.53 Å². The second-order valence-electron chi connectivity index (χ2n) is 10.4. The number of benzene rings is 1. The lowest BCUT2D eigenvalue weighted by Gasteiger charge is -2.54. The number of carbonyl (C=O) groups is 1. The van der Waals surface area contributed by atoms with E-state index in [0.29, 0.717) is 24.3 Å². The second-order valence-corrected chi connectivity index (χ2v) is 10.4. The average molecular weight is 423 g/mol. The number of nitrogens with zero attached hydrogens (tertiary/aromatic N) is 2. The number of hydrogen-bond acceptors (Lipinski definition) is 3. The maximum Gasteiger partial charge on any atom is 0.223 e. The zero-order chi connectivity index (χ0) is 21.4. The van der Waals surface area contributed by atoms with Gasteiger partial charge in [-0.3, -0.25) is 9.69 Å². The third-order valence-corrected chi connectivity index (χ3v) is 7.90. The Labute approximate surface area is 187 Å². The quantitative estimate of drug-likeness (QED) is 0.637. The van der Waals surface area contributed by atoms with Crippen molar-refractivity contribution in [2.45, 2.75) is 83.4 Å². The van der Waals surface area contributed by atoms with Crippen LogP contribution < -0.4 is 4.74 Å². The fraction of sp³-hybridized carbons (Fsp3) is 0.667. The minimum absolute atomic E-state index is 0.184. The number of piperidine rings is 3. The Morgan fingerprint density at radius 1 is 1.13 bits per heavy atom. The lowest BCUT2D eigenvalue weighted by Crippen LogP contribution is -2.60. The molecule has 3 saturated heterocycles. The molecule has 0 N–H and O–H groups in total. The molecule has 0 spiro atoms. The largest absolute Gasteiger partial charge is 0.491 e. The molecule has 1 aromatic rings. The summed E-state index contributed by atoms with van der Waals surface area (Å²) in [4.78, 5) is 18.4. The highest BCUT2D eigenvalue weighted by Crippen LogP contribution is 2.45. The van der Waals surface area contributed by atoms with Gasteiger partial charge in [-0.25, -0.2) is 0 Å². The number of fused-ring (bicyclic) bond motifs is 6. The predicted octanol–water partition coefficient (Wildman–Crippen LogP) is 4.83. The number of carbonyl (C=O) groups excluding carboxylic acids is 1. The van der Waals surface area contributed by atoms with Crippen molar-refractivity contribution in [3.05, 3.63) is 41.5 Å². The van der Waals surface area contributed by atoms with Crippen molar-refractivity contribution in [1.82, 2.24) is 9.80 Å². The minimum Gasteiger partial charge on any atom is -0.491 e. The van der Waals surface area contributed by atoms with Gasteiger partial charge in [0.05, 0.1) is 12.1 Å². The first kappa shape index (κ1) is 21.1. The molecule has 0 unspecified atom stereocenters. The SMILES string of the molecule is CC(C)Oc1ccc(CCC(=O)N2CCCC3=C[C@H]4C[C@@H](CN5CCCC[C@H]45)[C@H]32)cc1. The van der Waals surface area contributed by atoms with E-state index in [4.69, 9.17) is 4.74 Å². The number of likely N-dealkylation sites (tertiary alicyclic amines) is 1. The zero-order valence-corrected chi connectivity index (χ0v) is 19.3. The Morgan fingerprint density at radius 3 is 2.77 bits per heavy atom. The van der Waals surface area contributed by atoms with E-state index in [2.05, 4.69) is 28.0 Å². The highest BCUT2D eigenvalue weighted by Gasteiger charge is 2.46. The van der Waals surface area contributed by atoms with Crippen LogP contribution in [-0.4, -0.2) is 53.5 Å². The van der Waals surface area contributed by atoms with Gasteiger partial charge in [-0.2, -0.15) is 0 Å². The van der Waals surface area contributed by atoms with Crippen LogP contribution in [0.4, 0.5) is 0 Å². The third kappa shape index (κ3) is 4.41. The highest BCUT2D eigenvalue weighted by atomic mass is 16.5. The number of rotatable bonds is 5. The van der Waals surface area contributed by atoms with Gasteiger partial charge in [-0.05, 0) is 88.4 Å². The lowest BCUT2D eigenvalue weighted by atomic mass is 9.68. The first-order valence-electron chi connectivity index (χ1n) is 12.6. The van der Waals surface area contributed by atoms with E-state index < -0.39 is 0 Å². The minimum atomic E-state index is 0.184. The molecule has 2 bridgehead atoms. The number of aryl methyl sites for hydroxylation is 1. The molecule has 4 aliphatic rings. The molecule has 1 amide bonds. The van der Waals surface area contributed by atoms with Gasteiger partial charge in [-0.1, -0.05) is 30.2 Å². The molecule has 4 atom stereocenters. The Morgan fingerprint density at radius 2 is 1.97 bits per heavy atom. The van der Waals surface area contributed by atoms with E-state index in [1.165, 1.54) is 50.8 Å². The molecule has 0 saturated carbocycles. The van der Waals surface area contributed by atoms with Gasteiger partial charge in [0.15, 0.2) is 0 Å². The highest BCUT2D eigenvalue weighted by molar-refractivity contribution is 5.77. The van der Waals surface area contributed by atoms with E-state index in [1.54, 1.807) is 5.57 Å². The maximum absolute atomic E-state index is 13.3. The van der Waals surface area contributed by atoms with Crippen molar-refractivity contribution in [2.24, 2.45) is 11.8 Å². The molecule has 1 aromatic carbocycles. The molecular weight excluding hydrogens is 384 g/mol. The second kappa shape index (κ2) is 8.97. The van der Waals surface area contributed by atoms with Crippen LogP contribution in [0.25, 0.3) is 0 Å². The Hall–Kier alpha value is -1.81. The van der Waals surface area contributed by atoms with Gasteiger partial charge in [-0.15, -0.1) is 0 Å². The summed E-state index contributed by atoms with van der Waals surface area (Å²) in [5.74, 6) is 2.61. The van der Waals surface area contributed by atoms with Crippen LogP contribution in [0.1, 0.15) is 64.4 Å². The molecule has 1 aliphatic carbocycles. The topological polar surface area (TPSA) is 32.8 Å². The summed E-state index contributed by atoms with van der Waals surface area (Å²) in [7, 11) is 0. The van der Waals surface area contributed by atoms with Crippen LogP contribution in [0, 0.1) is 11.8 Å². The van der Waals surface area contributed by atoms with Crippen LogP contribution in [0.15, 0.2) is 35.9 Å². The van der Waals surface area contributed by atoms with Crippen LogP contribution in [-0.2, 0) is 11.2 Å². The van der Waals surface area contributed by atoms with Gasteiger partial charge < -0.3 is 9.64 Å². The molecule has 5 rings (SSSR count). The summed E-state index contributed by atoms with van der Waals surface area (Å²) in [5.41, 5.74) is 2.80. The van der Waals surface area contributed by atoms with Crippen LogP contribution in [0.2, 0.25) is 0 Å². The van der Waals surface area contributed by atoms with E-state index in [-0.39, 0.29) is 6.10 Å². The summed E-state index contributed by atoms with van der Waals surface area (Å²) < 4.78 is 5.74. The van der Waals surface area contributed by atoms with Gasteiger partial charge >= 0.3 is 0 Å². The Balaban J connectivity index is 1.25. The summed E-state index contributed by atoms with van der Waals surface area (Å²) in [6.45, 7) is 7.48. The van der Waals surface area contributed by atoms with Crippen molar-refractivity contribution in [1.29, 1.82) is 0 Å². The molecule has 3 heterocycles. The van der Waals surface area contributed by atoms with Crippen molar-refractivity contribution in [2.75, 3.05) is 19.6 Å². The third-order valence-electron chi connectivity index (χ3n) is 7.90.